The molecule has 1 amide bonds. The summed E-state index contributed by atoms with van der Waals surface area (Å²) in [5.41, 5.74) is 4.05. The van der Waals surface area contributed by atoms with Gasteiger partial charge in [-0.05, 0) is 23.6 Å². The third-order valence-electron chi connectivity index (χ3n) is 4.00. The van der Waals surface area contributed by atoms with Gasteiger partial charge in [0.25, 0.3) is 0 Å². The molecule has 0 bridgehead atoms. The van der Waals surface area contributed by atoms with E-state index in [0.29, 0.717) is 12.6 Å². The first-order chi connectivity index (χ1) is 12.6. The molecule has 0 aliphatic rings. The molecule has 5 nitrogen and oxygen atoms in total. The van der Waals surface area contributed by atoms with Crippen LogP contribution in [0.2, 0.25) is 0 Å². The van der Waals surface area contributed by atoms with Crippen LogP contribution in [-0.2, 0) is 11.4 Å². The molecule has 0 fully saturated rings. The fourth-order valence-corrected chi connectivity index (χ4v) is 2.61. The molecule has 1 heterocycles. The lowest BCUT2D eigenvalue weighted by molar-refractivity contribution is -0.119. The van der Waals surface area contributed by atoms with Crippen LogP contribution in [0.4, 0.5) is 0 Å². The van der Waals surface area contributed by atoms with Crippen LogP contribution >= 0.6 is 0 Å². The number of amides is 1. The molecule has 1 atom stereocenters. The van der Waals surface area contributed by atoms with E-state index in [4.69, 9.17) is 4.74 Å². The van der Waals surface area contributed by atoms with Gasteiger partial charge in [0, 0.05) is 24.9 Å². The summed E-state index contributed by atoms with van der Waals surface area (Å²) >= 11 is 0. The maximum Gasteiger partial charge on any atom is 0.316 e. The van der Waals surface area contributed by atoms with E-state index in [1.54, 1.807) is 12.4 Å². The number of hydrogen-bond donors (Lipinski definition) is 1. The normalized spacial score (nSPS) is 11.6. The fraction of sp³-hybridized carbons (Fsp3) is 0.190. The second kappa shape index (κ2) is 8.25. The SMILES string of the molecule is CC(=O)N[C@@H](C)c1ccc(-c2cnc(OCc3ccccc3)nc2)cc1. The van der Waals surface area contributed by atoms with Crippen LogP contribution in [0.5, 0.6) is 6.01 Å². The van der Waals surface area contributed by atoms with Crippen LogP contribution in [0, 0.1) is 0 Å². The first kappa shape index (κ1) is 17.6. The summed E-state index contributed by atoms with van der Waals surface area (Å²) < 4.78 is 5.61. The molecule has 5 heteroatoms. The number of aromatic nitrogens is 2. The lowest BCUT2D eigenvalue weighted by atomic mass is 10.0. The zero-order chi connectivity index (χ0) is 18.4. The van der Waals surface area contributed by atoms with E-state index in [0.717, 1.165) is 22.3 Å². The van der Waals surface area contributed by atoms with E-state index < -0.39 is 0 Å². The van der Waals surface area contributed by atoms with Gasteiger partial charge in [-0.1, -0.05) is 54.6 Å². The second-order valence-electron chi connectivity index (χ2n) is 6.07. The zero-order valence-corrected chi connectivity index (χ0v) is 14.8. The molecule has 0 unspecified atom stereocenters. The number of rotatable bonds is 6. The summed E-state index contributed by atoms with van der Waals surface area (Å²) in [6, 6.07) is 18.2. The van der Waals surface area contributed by atoms with Gasteiger partial charge in [-0.15, -0.1) is 0 Å². The number of benzene rings is 2. The molecule has 0 saturated heterocycles. The fourth-order valence-electron chi connectivity index (χ4n) is 2.61. The number of carbonyl (C=O) groups is 1. The average molecular weight is 347 g/mol. The molecule has 1 N–H and O–H groups in total. The second-order valence-corrected chi connectivity index (χ2v) is 6.07. The van der Waals surface area contributed by atoms with E-state index in [1.165, 1.54) is 6.92 Å². The summed E-state index contributed by atoms with van der Waals surface area (Å²) in [6.45, 7) is 3.91. The van der Waals surface area contributed by atoms with Gasteiger partial charge in [0.2, 0.25) is 5.91 Å². The number of nitrogens with zero attached hydrogens (tertiary/aromatic N) is 2. The van der Waals surface area contributed by atoms with Crippen molar-refractivity contribution in [1.82, 2.24) is 15.3 Å². The van der Waals surface area contributed by atoms with Crippen molar-refractivity contribution in [2.24, 2.45) is 0 Å². The molecule has 0 aliphatic heterocycles. The summed E-state index contributed by atoms with van der Waals surface area (Å²) in [7, 11) is 0. The van der Waals surface area contributed by atoms with E-state index in [-0.39, 0.29) is 11.9 Å². The monoisotopic (exact) mass is 347 g/mol. The van der Waals surface area contributed by atoms with Crippen molar-refractivity contribution in [3.63, 3.8) is 0 Å². The Morgan fingerprint density at radius 2 is 1.65 bits per heavy atom. The number of hydrogen-bond acceptors (Lipinski definition) is 4. The highest BCUT2D eigenvalue weighted by Crippen LogP contribution is 2.22. The van der Waals surface area contributed by atoms with Crippen LogP contribution in [0.1, 0.15) is 31.0 Å². The van der Waals surface area contributed by atoms with Crippen molar-refractivity contribution in [3.8, 4) is 17.1 Å². The van der Waals surface area contributed by atoms with E-state index in [2.05, 4.69) is 15.3 Å². The number of carbonyl (C=O) groups excluding carboxylic acids is 1. The van der Waals surface area contributed by atoms with Gasteiger partial charge in [-0.2, -0.15) is 0 Å². The van der Waals surface area contributed by atoms with Crippen molar-refractivity contribution < 1.29 is 9.53 Å². The third kappa shape index (κ3) is 4.66. The summed E-state index contributed by atoms with van der Waals surface area (Å²) in [4.78, 5) is 19.7. The van der Waals surface area contributed by atoms with Crippen molar-refractivity contribution in [2.75, 3.05) is 0 Å². The van der Waals surface area contributed by atoms with E-state index in [9.17, 15) is 4.79 Å². The smallest absolute Gasteiger partial charge is 0.316 e. The Morgan fingerprint density at radius 1 is 1.00 bits per heavy atom. The standard InChI is InChI=1S/C21H21N3O2/c1-15(24-16(2)25)18-8-10-19(11-9-18)20-12-22-21(23-13-20)26-14-17-6-4-3-5-7-17/h3-13,15H,14H2,1-2H3,(H,24,25)/t15-/m0/s1. The highest BCUT2D eigenvalue weighted by molar-refractivity contribution is 5.73. The summed E-state index contributed by atoms with van der Waals surface area (Å²) in [5.74, 6) is -0.0407. The Hall–Kier alpha value is -3.21. The Morgan fingerprint density at radius 3 is 2.27 bits per heavy atom. The van der Waals surface area contributed by atoms with Crippen molar-refractivity contribution in [2.45, 2.75) is 26.5 Å². The molecule has 3 aromatic rings. The van der Waals surface area contributed by atoms with Crippen molar-refractivity contribution >= 4 is 5.91 Å². The van der Waals surface area contributed by atoms with Crippen LogP contribution in [0.25, 0.3) is 11.1 Å². The molecule has 0 radical (unpaired) electrons. The van der Waals surface area contributed by atoms with Crippen LogP contribution in [-0.4, -0.2) is 15.9 Å². The highest BCUT2D eigenvalue weighted by atomic mass is 16.5. The molecule has 0 aliphatic carbocycles. The molecule has 1 aromatic heterocycles. The Labute approximate surface area is 153 Å². The molecule has 26 heavy (non-hydrogen) atoms. The topological polar surface area (TPSA) is 64.1 Å². The van der Waals surface area contributed by atoms with Gasteiger partial charge in [-0.25, -0.2) is 9.97 Å². The molecule has 3 rings (SSSR count). The molecule has 132 valence electrons. The first-order valence-corrected chi connectivity index (χ1v) is 8.48. The molecular weight excluding hydrogens is 326 g/mol. The van der Waals surface area contributed by atoms with Gasteiger partial charge >= 0.3 is 6.01 Å². The Kier molecular flexibility index (Phi) is 5.59. The quantitative estimate of drug-likeness (QED) is 0.734. The first-order valence-electron chi connectivity index (χ1n) is 8.48. The predicted molar refractivity (Wildman–Crippen MR) is 100 cm³/mol. The van der Waals surface area contributed by atoms with Gasteiger partial charge in [0.05, 0.1) is 6.04 Å². The summed E-state index contributed by atoms with van der Waals surface area (Å²) in [6.07, 6.45) is 3.50. The van der Waals surface area contributed by atoms with E-state index >= 15 is 0 Å². The predicted octanol–water partition coefficient (Wildman–Crippen LogP) is 3.92. The maximum atomic E-state index is 11.2. The van der Waals surface area contributed by atoms with Crippen LogP contribution < -0.4 is 10.1 Å². The van der Waals surface area contributed by atoms with Crippen molar-refractivity contribution in [1.29, 1.82) is 0 Å². The van der Waals surface area contributed by atoms with Crippen LogP contribution in [0.3, 0.4) is 0 Å². The average Bonchev–Trinajstić information content (AvgIpc) is 2.67. The molecular formula is C21H21N3O2. The Balaban J connectivity index is 1.63. The van der Waals surface area contributed by atoms with Crippen molar-refractivity contribution in [3.05, 3.63) is 78.1 Å². The summed E-state index contributed by atoms with van der Waals surface area (Å²) in [5, 5.41) is 2.87. The van der Waals surface area contributed by atoms with Gasteiger partial charge in [-0.3, -0.25) is 4.79 Å². The minimum absolute atomic E-state index is 0.0217. The van der Waals surface area contributed by atoms with Crippen LogP contribution in [0.15, 0.2) is 67.0 Å². The van der Waals surface area contributed by atoms with E-state index in [1.807, 2.05) is 61.5 Å². The van der Waals surface area contributed by atoms with Gasteiger partial charge in [0.15, 0.2) is 0 Å². The zero-order valence-electron chi connectivity index (χ0n) is 14.8. The minimum atomic E-state index is -0.0407. The minimum Gasteiger partial charge on any atom is -0.459 e. The Bertz CT molecular complexity index is 847. The number of ether oxygens (including phenoxy) is 1. The molecule has 0 spiro atoms. The lowest BCUT2D eigenvalue weighted by Crippen LogP contribution is -2.23. The molecule has 2 aromatic carbocycles. The third-order valence-corrected chi connectivity index (χ3v) is 4.00. The maximum absolute atomic E-state index is 11.2. The lowest BCUT2D eigenvalue weighted by Gasteiger charge is -2.13. The largest absolute Gasteiger partial charge is 0.459 e. The van der Waals surface area contributed by atoms with Gasteiger partial charge in [0.1, 0.15) is 6.61 Å². The molecule has 0 saturated carbocycles. The van der Waals surface area contributed by atoms with Gasteiger partial charge < -0.3 is 10.1 Å². The highest BCUT2D eigenvalue weighted by Gasteiger charge is 2.07. The number of nitrogens with one attached hydrogen (secondary N) is 1.